The number of carbonyl (C=O) groups is 1. The van der Waals surface area contributed by atoms with E-state index < -0.39 is 0 Å². The van der Waals surface area contributed by atoms with E-state index in [1.165, 1.54) is 0 Å². The van der Waals surface area contributed by atoms with Crippen LogP contribution in [0.1, 0.15) is 5.56 Å². The summed E-state index contributed by atoms with van der Waals surface area (Å²) in [5.41, 5.74) is 5.91. The summed E-state index contributed by atoms with van der Waals surface area (Å²) in [6.07, 6.45) is 0.179. The second-order valence-corrected chi connectivity index (χ2v) is 3.83. The van der Waals surface area contributed by atoms with Gasteiger partial charge >= 0.3 is 0 Å². The van der Waals surface area contributed by atoms with Crippen LogP contribution in [0.2, 0.25) is 10.0 Å². The third-order valence-corrected chi connectivity index (χ3v) is 2.57. The van der Waals surface area contributed by atoms with Crippen LogP contribution in [-0.4, -0.2) is 19.0 Å². The van der Waals surface area contributed by atoms with E-state index in [9.17, 15) is 4.79 Å². The molecule has 0 fully saturated rings. The molecular weight excluding hydrogens is 235 g/mol. The predicted octanol–water partition coefficient (Wildman–Crippen LogP) is 1.61. The van der Waals surface area contributed by atoms with Crippen molar-refractivity contribution in [2.45, 2.75) is 6.42 Å². The zero-order valence-corrected chi connectivity index (χ0v) is 9.61. The molecule has 1 amide bonds. The van der Waals surface area contributed by atoms with Crippen molar-refractivity contribution in [1.82, 2.24) is 5.32 Å². The molecule has 3 N–H and O–H groups in total. The number of hydrogen-bond acceptors (Lipinski definition) is 2. The maximum Gasteiger partial charge on any atom is 0.224 e. The molecule has 5 heteroatoms. The van der Waals surface area contributed by atoms with E-state index in [2.05, 4.69) is 5.32 Å². The number of hydrogen-bond donors (Lipinski definition) is 2. The van der Waals surface area contributed by atoms with Gasteiger partial charge in [-0.05, 0) is 17.7 Å². The number of nitrogens with one attached hydrogen (secondary N) is 1. The fraction of sp³-hybridized carbons (Fsp3) is 0.300. The lowest BCUT2D eigenvalue weighted by atomic mass is 10.1. The van der Waals surface area contributed by atoms with Crippen LogP contribution in [-0.2, 0) is 11.2 Å². The molecule has 0 aromatic heterocycles. The Morgan fingerprint density at radius 1 is 1.33 bits per heavy atom. The maximum absolute atomic E-state index is 11.4. The van der Waals surface area contributed by atoms with Crippen molar-refractivity contribution in [2.24, 2.45) is 5.73 Å². The molecule has 0 unspecified atom stereocenters. The van der Waals surface area contributed by atoms with E-state index in [1.54, 1.807) is 18.2 Å². The summed E-state index contributed by atoms with van der Waals surface area (Å²) < 4.78 is 0. The Morgan fingerprint density at radius 3 is 2.47 bits per heavy atom. The van der Waals surface area contributed by atoms with Crippen LogP contribution in [0.3, 0.4) is 0 Å². The molecule has 0 spiro atoms. The molecule has 0 aliphatic rings. The third kappa shape index (κ3) is 3.70. The lowest BCUT2D eigenvalue weighted by Crippen LogP contribution is -2.30. The van der Waals surface area contributed by atoms with Gasteiger partial charge in [-0.2, -0.15) is 0 Å². The highest BCUT2D eigenvalue weighted by molar-refractivity contribution is 6.36. The van der Waals surface area contributed by atoms with E-state index in [4.69, 9.17) is 28.9 Å². The highest BCUT2D eigenvalue weighted by Gasteiger charge is 2.09. The Balaban J connectivity index is 2.68. The predicted molar refractivity (Wildman–Crippen MR) is 62.2 cm³/mol. The molecule has 0 bridgehead atoms. The van der Waals surface area contributed by atoms with Gasteiger partial charge in [-0.3, -0.25) is 4.79 Å². The van der Waals surface area contributed by atoms with Gasteiger partial charge in [0.25, 0.3) is 0 Å². The van der Waals surface area contributed by atoms with Crippen LogP contribution in [0.15, 0.2) is 18.2 Å². The summed E-state index contributed by atoms with van der Waals surface area (Å²) in [7, 11) is 0. The molecule has 0 aliphatic carbocycles. The number of amides is 1. The average molecular weight is 247 g/mol. The van der Waals surface area contributed by atoms with Gasteiger partial charge in [-0.15, -0.1) is 0 Å². The third-order valence-electron chi connectivity index (χ3n) is 1.87. The molecule has 0 heterocycles. The van der Waals surface area contributed by atoms with Crippen molar-refractivity contribution in [2.75, 3.05) is 13.1 Å². The quantitative estimate of drug-likeness (QED) is 0.849. The van der Waals surface area contributed by atoms with Gasteiger partial charge in [0.15, 0.2) is 0 Å². The van der Waals surface area contributed by atoms with E-state index in [-0.39, 0.29) is 12.3 Å². The summed E-state index contributed by atoms with van der Waals surface area (Å²) >= 11 is 11.8. The minimum absolute atomic E-state index is 0.129. The number of nitrogens with two attached hydrogens (primary N) is 1. The average Bonchev–Trinajstić information content (AvgIpc) is 2.21. The highest BCUT2D eigenvalue weighted by Crippen LogP contribution is 2.24. The Hall–Kier alpha value is -0.770. The number of halogens is 2. The molecular formula is C10H12Cl2N2O. The smallest absolute Gasteiger partial charge is 0.224 e. The van der Waals surface area contributed by atoms with Crippen LogP contribution in [0.5, 0.6) is 0 Å². The Morgan fingerprint density at radius 2 is 1.93 bits per heavy atom. The van der Waals surface area contributed by atoms with Gasteiger partial charge in [0, 0.05) is 23.1 Å². The summed E-state index contributed by atoms with van der Waals surface area (Å²) in [5, 5.41) is 3.66. The zero-order valence-electron chi connectivity index (χ0n) is 8.09. The van der Waals surface area contributed by atoms with Crippen LogP contribution in [0.25, 0.3) is 0 Å². The van der Waals surface area contributed by atoms with Gasteiger partial charge in [-0.25, -0.2) is 0 Å². The molecule has 1 aromatic carbocycles. The molecule has 82 valence electrons. The molecule has 1 aromatic rings. The van der Waals surface area contributed by atoms with Crippen LogP contribution in [0, 0.1) is 0 Å². The van der Waals surface area contributed by atoms with Crippen LogP contribution >= 0.6 is 23.2 Å². The minimum Gasteiger partial charge on any atom is -0.355 e. The summed E-state index contributed by atoms with van der Waals surface area (Å²) in [6.45, 7) is 0.878. The van der Waals surface area contributed by atoms with E-state index in [0.717, 1.165) is 0 Å². The van der Waals surface area contributed by atoms with Crippen molar-refractivity contribution in [3.63, 3.8) is 0 Å². The monoisotopic (exact) mass is 246 g/mol. The van der Waals surface area contributed by atoms with Gasteiger partial charge in [-0.1, -0.05) is 29.3 Å². The van der Waals surface area contributed by atoms with E-state index in [0.29, 0.717) is 28.7 Å². The molecule has 0 radical (unpaired) electrons. The molecule has 15 heavy (non-hydrogen) atoms. The Kier molecular flexibility index (Phi) is 4.88. The number of benzene rings is 1. The SMILES string of the molecule is NCCNC(=O)Cc1c(Cl)cccc1Cl. The Bertz CT molecular complexity index is 335. The lowest BCUT2D eigenvalue weighted by Gasteiger charge is -2.07. The highest BCUT2D eigenvalue weighted by atomic mass is 35.5. The normalized spacial score (nSPS) is 10.1. The second kappa shape index (κ2) is 5.95. The molecule has 0 saturated carbocycles. The largest absolute Gasteiger partial charge is 0.355 e. The second-order valence-electron chi connectivity index (χ2n) is 3.02. The topological polar surface area (TPSA) is 55.1 Å². The summed E-state index contributed by atoms with van der Waals surface area (Å²) in [5.74, 6) is -0.129. The Labute approximate surface area is 98.5 Å². The van der Waals surface area contributed by atoms with Crippen LogP contribution in [0.4, 0.5) is 0 Å². The first-order valence-corrected chi connectivity index (χ1v) is 5.30. The molecule has 0 aliphatic heterocycles. The van der Waals surface area contributed by atoms with Crippen molar-refractivity contribution in [3.8, 4) is 0 Å². The fourth-order valence-corrected chi connectivity index (χ4v) is 1.67. The summed E-state index contributed by atoms with van der Waals surface area (Å²) in [4.78, 5) is 11.4. The van der Waals surface area contributed by atoms with Gasteiger partial charge in [0.1, 0.15) is 0 Å². The maximum atomic E-state index is 11.4. The van der Waals surface area contributed by atoms with E-state index in [1.807, 2.05) is 0 Å². The van der Waals surface area contributed by atoms with E-state index >= 15 is 0 Å². The van der Waals surface area contributed by atoms with Gasteiger partial charge in [0.05, 0.1) is 6.42 Å². The van der Waals surface area contributed by atoms with Crippen LogP contribution < -0.4 is 11.1 Å². The first kappa shape index (κ1) is 12.3. The molecule has 3 nitrogen and oxygen atoms in total. The lowest BCUT2D eigenvalue weighted by molar-refractivity contribution is -0.120. The molecule has 1 rings (SSSR count). The summed E-state index contributed by atoms with van der Waals surface area (Å²) in [6, 6.07) is 5.16. The van der Waals surface area contributed by atoms with Crippen molar-refractivity contribution < 1.29 is 4.79 Å². The minimum atomic E-state index is -0.129. The molecule has 0 atom stereocenters. The first-order chi connectivity index (χ1) is 7.15. The van der Waals surface area contributed by atoms with Crippen molar-refractivity contribution >= 4 is 29.1 Å². The van der Waals surface area contributed by atoms with Gasteiger partial charge in [0.2, 0.25) is 5.91 Å². The van der Waals surface area contributed by atoms with Gasteiger partial charge < -0.3 is 11.1 Å². The molecule has 0 saturated heterocycles. The standard InChI is InChI=1S/C10H12Cl2N2O/c11-8-2-1-3-9(12)7(8)6-10(15)14-5-4-13/h1-3H,4-6,13H2,(H,14,15). The number of carbonyl (C=O) groups excluding carboxylic acids is 1. The first-order valence-electron chi connectivity index (χ1n) is 4.55. The fourth-order valence-electron chi connectivity index (χ4n) is 1.14. The van der Waals surface area contributed by atoms with Crippen molar-refractivity contribution in [3.05, 3.63) is 33.8 Å². The van der Waals surface area contributed by atoms with Crippen molar-refractivity contribution in [1.29, 1.82) is 0 Å². The zero-order chi connectivity index (χ0) is 11.3. The number of rotatable bonds is 4.